The molecule has 1 aliphatic heterocycles. The molecule has 2 amide bonds. The van der Waals surface area contributed by atoms with E-state index in [1.807, 2.05) is 18.2 Å². The van der Waals surface area contributed by atoms with Crippen molar-refractivity contribution in [3.8, 4) is 5.75 Å². The van der Waals surface area contributed by atoms with Crippen molar-refractivity contribution in [3.05, 3.63) is 30.5 Å². The Morgan fingerprint density at radius 3 is 2.95 bits per heavy atom. The number of hydrogen-bond acceptors (Lipinski definition) is 4. The lowest BCUT2D eigenvalue weighted by molar-refractivity contribution is 0.0806. The fourth-order valence-electron chi connectivity index (χ4n) is 2.56. The molecule has 0 bridgehead atoms. The molecule has 0 unspecified atom stereocenters. The largest absolute Gasteiger partial charge is 0.497 e. The second-order valence-electron chi connectivity index (χ2n) is 5.24. The van der Waals surface area contributed by atoms with Crippen LogP contribution < -0.4 is 15.4 Å². The predicted molar refractivity (Wildman–Crippen MR) is 84.3 cm³/mol. The molecular weight excluding hydrogens is 282 g/mol. The summed E-state index contributed by atoms with van der Waals surface area (Å²) in [4.78, 5) is 16.5. The Kier molecular flexibility index (Phi) is 4.39. The van der Waals surface area contributed by atoms with Crippen molar-refractivity contribution in [1.29, 1.82) is 0 Å². The number of rotatable bonds is 3. The van der Waals surface area contributed by atoms with Gasteiger partial charge in [-0.25, -0.2) is 4.79 Å². The quantitative estimate of drug-likeness (QED) is 0.914. The summed E-state index contributed by atoms with van der Waals surface area (Å²) in [7, 11) is 1.60. The molecule has 2 N–H and O–H groups in total. The van der Waals surface area contributed by atoms with Crippen LogP contribution in [0.4, 0.5) is 10.5 Å². The number of methoxy groups -OCH3 is 1. The number of aromatic nitrogens is 1. The Labute approximate surface area is 128 Å². The van der Waals surface area contributed by atoms with E-state index in [2.05, 4.69) is 15.6 Å². The Balaban J connectivity index is 1.78. The maximum atomic E-state index is 12.2. The van der Waals surface area contributed by atoms with Gasteiger partial charge in [-0.15, -0.1) is 0 Å². The molecular formula is C16H19N3O3. The van der Waals surface area contributed by atoms with Gasteiger partial charge in [0.25, 0.3) is 0 Å². The highest BCUT2D eigenvalue weighted by Crippen LogP contribution is 2.27. The minimum atomic E-state index is -0.230. The highest BCUT2D eigenvalue weighted by atomic mass is 16.5. The minimum absolute atomic E-state index is 0.151. The van der Waals surface area contributed by atoms with Crippen LogP contribution in [0.5, 0.6) is 5.75 Å². The van der Waals surface area contributed by atoms with Gasteiger partial charge >= 0.3 is 6.03 Å². The van der Waals surface area contributed by atoms with Gasteiger partial charge in [0.15, 0.2) is 0 Å². The Morgan fingerprint density at radius 1 is 1.36 bits per heavy atom. The van der Waals surface area contributed by atoms with Gasteiger partial charge in [-0.05, 0) is 25.0 Å². The van der Waals surface area contributed by atoms with Crippen LogP contribution >= 0.6 is 0 Å². The predicted octanol–water partition coefficient (Wildman–Crippen LogP) is 2.54. The molecule has 1 aromatic heterocycles. The fraction of sp³-hybridized carbons (Fsp3) is 0.375. The van der Waals surface area contributed by atoms with E-state index in [9.17, 15) is 4.79 Å². The molecule has 2 heterocycles. The molecule has 0 radical (unpaired) electrons. The van der Waals surface area contributed by atoms with Gasteiger partial charge in [0, 0.05) is 36.9 Å². The molecule has 6 heteroatoms. The lowest BCUT2D eigenvalue weighted by atomic mass is 10.1. The average molecular weight is 301 g/mol. The first-order chi connectivity index (χ1) is 10.8. The monoisotopic (exact) mass is 301 g/mol. The lowest BCUT2D eigenvalue weighted by Crippen LogP contribution is -2.41. The smallest absolute Gasteiger partial charge is 0.319 e. The molecule has 0 spiro atoms. The lowest BCUT2D eigenvalue weighted by Gasteiger charge is -2.23. The highest BCUT2D eigenvalue weighted by molar-refractivity contribution is 6.00. The number of ether oxygens (including phenoxy) is 2. The van der Waals surface area contributed by atoms with Crippen molar-refractivity contribution >= 4 is 22.6 Å². The van der Waals surface area contributed by atoms with Crippen LogP contribution in [0.15, 0.2) is 30.5 Å². The number of urea groups is 1. The normalized spacial score (nSPS) is 15.5. The van der Waals surface area contributed by atoms with Crippen LogP contribution in [0.1, 0.15) is 12.8 Å². The maximum Gasteiger partial charge on any atom is 0.319 e. The van der Waals surface area contributed by atoms with E-state index >= 15 is 0 Å². The molecule has 1 fully saturated rings. The van der Waals surface area contributed by atoms with Gasteiger partial charge in [-0.3, -0.25) is 4.98 Å². The van der Waals surface area contributed by atoms with Crippen molar-refractivity contribution in [2.45, 2.75) is 18.9 Å². The first kappa shape index (κ1) is 14.6. The third-order valence-electron chi connectivity index (χ3n) is 3.72. The Bertz CT molecular complexity index is 669. The number of fused-ring (bicyclic) bond motifs is 1. The number of nitrogens with zero attached hydrogens (tertiary/aromatic N) is 1. The second-order valence-corrected chi connectivity index (χ2v) is 5.24. The number of pyridine rings is 1. The number of benzene rings is 1. The SMILES string of the molecule is COc1cc(NC(=O)NC2CCOCC2)c2ncccc2c1. The number of carbonyl (C=O) groups is 1. The fourth-order valence-corrected chi connectivity index (χ4v) is 2.56. The van der Waals surface area contributed by atoms with Crippen molar-refractivity contribution in [1.82, 2.24) is 10.3 Å². The van der Waals surface area contributed by atoms with E-state index < -0.39 is 0 Å². The van der Waals surface area contributed by atoms with Gasteiger partial charge in [-0.1, -0.05) is 6.07 Å². The summed E-state index contributed by atoms with van der Waals surface area (Å²) < 4.78 is 10.6. The summed E-state index contributed by atoms with van der Waals surface area (Å²) in [6.45, 7) is 1.38. The molecule has 0 atom stereocenters. The zero-order chi connectivity index (χ0) is 15.4. The van der Waals surface area contributed by atoms with Gasteiger partial charge in [0.05, 0.1) is 18.3 Å². The Hall–Kier alpha value is -2.34. The van der Waals surface area contributed by atoms with E-state index in [4.69, 9.17) is 9.47 Å². The van der Waals surface area contributed by atoms with Crippen LogP contribution in [-0.4, -0.2) is 37.4 Å². The summed E-state index contributed by atoms with van der Waals surface area (Å²) in [6.07, 6.45) is 3.38. The van der Waals surface area contributed by atoms with E-state index in [1.165, 1.54) is 0 Å². The molecule has 2 aromatic rings. The first-order valence-corrected chi connectivity index (χ1v) is 7.34. The molecule has 1 aromatic carbocycles. The van der Waals surface area contributed by atoms with Crippen molar-refractivity contribution in [2.75, 3.05) is 25.6 Å². The number of amides is 2. The topological polar surface area (TPSA) is 72.5 Å². The number of carbonyl (C=O) groups excluding carboxylic acids is 1. The van der Waals surface area contributed by atoms with Gasteiger partial charge < -0.3 is 20.1 Å². The van der Waals surface area contributed by atoms with Crippen LogP contribution in [-0.2, 0) is 4.74 Å². The number of nitrogens with one attached hydrogen (secondary N) is 2. The zero-order valence-electron chi connectivity index (χ0n) is 12.5. The number of anilines is 1. The minimum Gasteiger partial charge on any atom is -0.497 e. The zero-order valence-corrected chi connectivity index (χ0v) is 12.5. The van der Waals surface area contributed by atoms with Gasteiger partial charge in [0.1, 0.15) is 5.75 Å². The molecule has 1 saturated heterocycles. The van der Waals surface area contributed by atoms with Crippen LogP contribution in [0, 0.1) is 0 Å². The summed E-state index contributed by atoms with van der Waals surface area (Å²) in [5.74, 6) is 0.682. The molecule has 0 saturated carbocycles. The van der Waals surface area contributed by atoms with Crippen molar-refractivity contribution < 1.29 is 14.3 Å². The standard InChI is InChI=1S/C16H19N3O3/c1-21-13-9-11-3-2-6-17-15(11)14(10-13)19-16(20)18-12-4-7-22-8-5-12/h2-3,6,9-10,12H,4-5,7-8H2,1H3,(H2,18,19,20). The van der Waals surface area contributed by atoms with Crippen LogP contribution in [0.3, 0.4) is 0 Å². The maximum absolute atomic E-state index is 12.2. The second kappa shape index (κ2) is 6.62. The van der Waals surface area contributed by atoms with E-state index in [-0.39, 0.29) is 12.1 Å². The molecule has 6 nitrogen and oxygen atoms in total. The third kappa shape index (κ3) is 3.28. The van der Waals surface area contributed by atoms with Gasteiger partial charge in [-0.2, -0.15) is 0 Å². The first-order valence-electron chi connectivity index (χ1n) is 7.34. The van der Waals surface area contributed by atoms with Crippen LogP contribution in [0.25, 0.3) is 10.9 Å². The van der Waals surface area contributed by atoms with Crippen LogP contribution in [0.2, 0.25) is 0 Å². The molecule has 116 valence electrons. The van der Waals surface area contributed by atoms with Crippen molar-refractivity contribution in [2.24, 2.45) is 0 Å². The summed E-state index contributed by atoms with van der Waals surface area (Å²) in [5.41, 5.74) is 1.38. The molecule has 3 rings (SSSR count). The van der Waals surface area contributed by atoms with E-state index in [1.54, 1.807) is 19.4 Å². The summed E-state index contributed by atoms with van der Waals surface area (Å²) >= 11 is 0. The van der Waals surface area contributed by atoms with E-state index in [0.717, 1.165) is 23.7 Å². The van der Waals surface area contributed by atoms with Gasteiger partial charge in [0.2, 0.25) is 0 Å². The molecule has 1 aliphatic rings. The van der Waals surface area contributed by atoms with Crippen molar-refractivity contribution in [3.63, 3.8) is 0 Å². The third-order valence-corrected chi connectivity index (χ3v) is 3.72. The summed E-state index contributed by atoms with van der Waals surface area (Å²) in [5, 5.41) is 6.76. The molecule has 0 aliphatic carbocycles. The number of hydrogen-bond donors (Lipinski definition) is 2. The highest BCUT2D eigenvalue weighted by Gasteiger charge is 2.17. The molecule has 22 heavy (non-hydrogen) atoms. The summed E-state index contributed by atoms with van der Waals surface area (Å²) in [6, 6.07) is 7.38. The van der Waals surface area contributed by atoms with E-state index in [0.29, 0.717) is 24.7 Å². The Morgan fingerprint density at radius 2 is 2.18 bits per heavy atom. The average Bonchev–Trinajstić information content (AvgIpc) is 2.55.